The lowest BCUT2D eigenvalue weighted by Crippen LogP contribution is -2.22. The number of thiophene rings is 1. The van der Waals surface area contributed by atoms with Gasteiger partial charge in [0.1, 0.15) is 15.6 Å². The zero-order valence-electron chi connectivity index (χ0n) is 17.5. The van der Waals surface area contributed by atoms with Gasteiger partial charge in [0.25, 0.3) is 5.56 Å². The Bertz CT molecular complexity index is 1370. The molecular weight excluding hydrogens is 425 g/mol. The number of fused-ring (bicyclic) bond motifs is 1. The summed E-state index contributed by atoms with van der Waals surface area (Å²) in [6.07, 6.45) is 0.947. The van der Waals surface area contributed by atoms with E-state index in [1.54, 1.807) is 23.6 Å². The molecule has 1 aliphatic heterocycles. The van der Waals surface area contributed by atoms with Crippen LogP contribution in [0, 0.1) is 12.7 Å². The zero-order chi connectivity index (χ0) is 22.2. The maximum Gasteiger partial charge on any atom is 0.256 e. The zero-order valence-corrected chi connectivity index (χ0v) is 18.3. The molecule has 0 saturated carbocycles. The predicted molar refractivity (Wildman–Crippen MR) is 127 cm³/mol. The van der Waals surface area contributed by atoms with E-state index in [9.17, 15) is 14.0 Å². The summed E-state index contributed by atoms with van der Waals surface area (Å²) in [5, 5.41) is 8.29. The van der Waals surface area contributed by atoms with Gasteiger partial charge in [0.05, 0.1) is 11.3 Å². The van der Waals surface area contributed by atoms with Crippen molar-refractivity contribution in [3.63, 3.8) is 0 Å². The first-order chi connectivity index (χ1) is 15.5. The molecule has 3 heterocycles. The van der Waals surface area contributed by atoms with Crippen molar-refractivity contribution in [2.45, 2.75) is 19.4 Å². The molecule has 0 amide bonds. The maximum atomic E-state index is 13.8. The van der Waals surface area contributed by atoms with Crippen LogP contribution in [0.25, 0.3) is 15.9 Å². The number of anilines is 1. The van der Waals surface area contributed by atoms with Crippen molar-refractivity contribution in [3.8, 4) is 5.69 Å². The minimum absolute atomic E-state index is 0.157. The number of hydrogen-bond acceptors (Lipinski definition) is 5. The molecule has 0 spiro atoms. The Labute approximate surface area is 188 Å². The lowest BCUT2D eigenvalue weighted by Gasteiger charge is -2.13. The van der Waals surface area contributed by atoms with Crippen LogP contribution in [0.5, 0.6) is 0 Å². The number of nitrogens with zero attached hydrogens (tertiary/aromatic N) is 1. The Hall–Kier alpha value is -3.29. The van der Waals surface area contributed by atoms with Gasteiger partial charge < -0.3 is 10.6 Å². The molecule has 5 nitrogen and oxygen atoms in total. The van der Waals surface area contributed by atoms with E-state index in [1.165, 1.54) is 29.5 Å². The molecule has 2 N–H and O–H groups in total. The van der Waals surface area contributed by atoms with Crippen molar-refractivity contribution in [1.29, 1.82) is 0 Å². The van der Waals surface area contributed by atoms with E-state index in [2.05, 4.69) is 10.6 Å². The number of carbonyl (C=O) groups excluding carboxylic acids is 1. The molecule has 4 aromatic rings. The van der Waals surface area contributed by atoms with Crippen molar-refractivity contribution in [3.05, 3.63) is 93.5 Å². The average molecular weight is 448 g/mol. The second-order valence-electron chi connectivity index (χ2n) is 7.99. The Morgan fingerprint density at radius 1 is 1.16 bits per heavy atom. The van der Waals surface area contributed by atoms with Crippen LogP contribution >= 0.6 is 11.3 Å². The molecule has 2 aromatic carbocycles. The van der Waals surface area contributed by atoms with Gasteiger partial charge in [0.15, 0.2) is 5.78 Å². The SMILES string of the molecule is Cc1cc(C(=O)c2c(N[C@@H]3CCNC3)sc3c2ccc(=O)n3-c2ccccc2)ccc1F. The Balaban J connectivity index is 1.73. The van der Waals surface area contributed by atoms with Gasteiger partial charge in [-0.25, -0.2) is 4.39 Å². The minimum Gasteiger partial charge on any atom is -0.372 e. The molecule has 0 radical (unpaired) electrons. The normalized spacial score (nSPS) is 15.9. The second kappa shape index (κ2) is 8.33. The highest BCUT2D eigenvalue weighted by Gasteiger charge is 2.25. The van der Waals surface area contributed by atoms with Crippen LogP contribution in [-0.2, 0) is 0 Å². The number of para-hydroxylation sites is 1. The van der Waals surface area contributed by atoms with E-state index in [-0.39, 0.29) is 23.2 Å². The van der Waals surface area contributed by atoms with Crippen LogP contribution < -0.4 is 16.2 Å². The highest BCUT2D eigenvalue weighted by atomic mass is 32.1. The third-order valence-electron chi connectivity index (χ3n) is 5.80. The van der Waals surface area contributed by atoms with Gasteiger partial charge in [-0.2, -0.15) is 0 Å². The molecule has 1 saturated heterocycles. The molecule has 1 aliphatic rings. The van der Waals surface area contributed by atoms with Crippen LogP contribution in [-0.4, -0.2) is 29.5 Å². The van der Waals surface area contributed by atoms with E-state index in [0.29, 0.717) is 26.9 Å². The van der Waals surface area contributed by atoms with Gasteiger partial charge in [0.2, 0.25) is 0 Å². The third kappa shape index (κ3) is 3.63. The number of ketones is 1. The van der Waals surface area contributed by atoms with Crippen molar-refractivity contribution in [2.24, 2.45) is 0 Å². The van der Waals surface area contributed by atoms with E-state index < -0.39 is 0 Å². The Morgan fingerprint density at radius 3 is 2.69 bits per heavy atom. The summed E-state index contributed by atoms with van der Waals surface area (Å²) in [6.45, 7) is 3.37. The highest BCUT2D eigenvalue weighted by Crippen LogP contribution is 2.38. The van der Waals surface area contributed by atoms with Crippen LogP contribution in [0.15, 0.2) is 65.5 Å². The molecule has 1 fully saturated rings. The Morgan fingerprint density at radius 2 is 1.97 bits per heavy atom. The molecule has 162 valence electrons. The van der Waals surface area contributed by atoms with E-state index in [0.717, 1.165) is 30.2 Å². The summed E-state index contributed by atoms with van der Waals surface area (Å²) >= 11 is 1.41. The first kappa shape index (κ1) is 20.6. The van der Waals surface area contributed by atoms with Crippen LogP contribution in [0.1, 0.15) is 27.9 Å². The summed E-state index contributed by atoms with van der Waals surface area (Å²) in [7, 11) is 0. The molecule has 5 rings (SSSR count). The number of hydrogen-bond donors (Lipinski definition) is 2. The number of aromatic nitrogens is 1. The standard InChI is InChI=1S/C25H22FN3O2S/c1-15-13-16(7-9-20(15)26)23(31)22-19-8-10-21(30)29(18-5-3-2-4-6-18)25(19)32-24(22)28-17-11-12-27-14-17/h2-10,13,17,27-28H,11-12,14H2,1H3/t17-/m1/s1. The number of pyridine rings is 1. The number of rotatable bonds is 5. The minimum atomic E-state index is -0.343. The van der Waals surface area contributed by atoms with Crippen LogP contribution in [0.2, 0.25) is 0 Å². The number of nitrogens with one attached hydrogen (secondary N) is 2. The summed E-state index contributed by atoms with van der Waals surface area (Å²) in [6, 6.07) is 17.2. The van der Waals surface area contributed by atoms with Gasteiger partial charge in [0, 0.05) is 29.6 Å². The van der Waals surface area contributed by atoms with Gasteiger partial charge >= 0.3 is 0 Å². The van der Waals surface area contributed by atoms with E-state index >= 15 is 0 Å². The maximum absolute atomic E-state index is 13.8. The fraction of sp³-hybridized carbons (Fsp3) is 0.200. The topological polar surface area (TPSA) is 63.1 Å². The summed E-state index contributed by atoms with van der Waals surface area (Å²) in [4.78, 5) is 27.2. The van der Waals surface area contributed by atoms with Crippen LogP contribution in [0.4, 0.5) is 9.39 Å². The fourth-order valence-corrected chi connectivity index (χ4v) is 5.41. The van der Waals surface area contributed by atoms with Gasteiger partial charge in [-0.1, -0.05) is 29.5 Å². The van der Waals surface area contributed by atoms with Gasteiger partial charge in [-0.05, 0) is 61.9 Å². The lowest BCUT2D eigenvalue weighted by atomic mass is 10.0. The van der Waals surface area contributed by atoms with E-state index in [4.69, 9.17) is 0 Å². The molecule has 2 aromatic heterocycles. The largest absolute Gasteiger partial charge is 0.372 e. The van der Waals surface area contributed by atoms with Crippen molar-refractivity contribution in [2.75, 3.05) is 18.4 Å². The van der Waals surface area contributed by atoms with E-state index in [1.807, 2.05) is 30.3 Å². The first-order valence-corrected chi connectivity index (χ1v) is 11.4. The third-order valence-corrected chi connectivity index (χ3v) is 6.92. The molecule has 1 atom stereocenters. The smallest absolute Gasteiger partial charge is 0.256 e. The number of carbonyl (C=O) groups is 1. The number of aryl methyl sites for hydroxylation is 1. The number of benzene rings is 2. The van der Waals surface area contributed by atoms with Crippen molar-refractivity contribution in [1.82, 2.24) is 9.88 Å². The number of halogens is 1. The first-order valence-electron chi connectivity index (χ1n) is 10.5. The molecule has 32 heavy (non-hydrogen) atoms. The second-order valence-corrected chi connectivity index (χ2v) is 8.99. The summed E-state index contributed by atoms with van der Waals surface area (Å²) in [5.74, 6) is -0.531. The quantitative estimate of drug-likeness (QED) is 0.442. The molecule has 0 unspecified atom stereocenters. The fourth-order valence-electron chi connectivity index (χ4n) is 4.12. The monoisotopic (exact) mass is 447 g/mol. The Kier molecular flexibility index (Phi) is 5.36. The molecule has 0 bridgehead atoms. The summed E-state index contributed by atoms with van der Waals surface area (Å²) in [5.41, 5.74) is 1.96. The van der Waals surface area contributed by atoms with Gasteiger partial charge in [-0.3, -0.25) is 14.2 Å². The van der Waals surface area contributed by atoms with Crippen molar-refractivity contribution >= 4 is 32.3 Å². The highest BCUT2D eigenvalue weighted by molar-refractivity contribution is 7.23. The molecule has 7 heteroatoms. The molecule has 0 aliphatic carbocycles. The van der Waals surface area contributed by atoms with Crippen LogP contribution in [0.3, 0.4) is 0 Å². The lowest BCUT2D eigenvalue weighted by molar-refractivity contribution is 0.104. The summed E-state index contributed by atoms with van der Waals surface area (Å²) < 4.78 is 15.5. The van der Waals surface area contributed by atoms with Crippen molar-refractivity contribution < 1.29 is 9.18 Å². The predicted octanol–water partition coefficient (Wildman–Crippen LogP) is 4.50. The van der Waals surface area contributed by atoms with Gasteiger partial charge in [-0.15, -0.1) is 0 Å². The molecular formula is C25H22FN3O2S. The average Bonchev–Trinajstić information content (AvgIpc) is 3.43.